The van der Waals surface area contributed by atoms with Gasteiger partial charge < -0.3 is 8.92 Å². The fraction of sp³-hybridized carbons (Fsp3) is 0.0909. The monoisotopic (exact) mass is 440 g/mol. The summed E-state index contributed by atoms with van der Waals surface area (Å²) in [6.07, 6.45) is 0. The molecule has 1 aliphatic heterocycles. The smallest absolute Gasteiger partial charge is 0.339 e. The van der Waals surface area contributed by atoms with Gasteiger partial charge in [0, 0.05) is 0 Å². The molecule has 0 saturated carbocycles. The predicted octanol–water partition coefficient (Wildman–Crippen LogP) is 4.12. The lowest BCUT2D eigenvalue weighted by molar-refractivity contribution is 0.317. The minimum absolute atomic E-state index is 0.0800. The molecule has 156 valence electrons. The number of aliphatic imine (C=N–C) groups is 1. The minimum atomic E-state index is -4.07. The van der Waals surface area contributed by atoms with Crippen LogP contribution >= 0.6 is 0 Å². The van der Waals surface area contributed by atoms with E-state index in [0.29, 0.717) is 11.1 Å². The van der Waals surface area contributed by atoms with Crippen LogP contribution in [0.3, 0.4) is 0 Å². The Hall–Kier alpha value is -3.77. The average Bonchev–Trinajstić information content (AvgIpc) is 3.23. The Balaban J connectivity index is 1.51. The Labute approximate surface area is 177 Å². The number of nitrogens with zero attached hydrogens (tertiary/aromatic N) is 2. The second-order valence-electron chi connectivity index (χ2n) is 6.60. The summed E-state index contributed by atoms with van der Waals surface area (Å²) in [5.41, 5.74) is 0.672. The number of nitriles is 1. The number of halogens is 2. The summed E-state index contributed by atoms with van der Waals surface area (Å²) in [6, 6.07) is 16.4. The van der Waals surface area contributed by atoms with E-state index in [-0.39, 0.29) is 28.7 Å². The van der Waals surface area contributed by atoms with Crippen LogP contribution in [0, 0.1) is 23.0 Å². The lowest BCUT2D eigenvalue weighted by Gasteiger charge is -2.09. The summed E-state index contributed by atoms with van der Waals surface area (Å²) in [7, 11) is -4.07. The molecule has 0 aromatic heterocycles. The van der Waals surface area contributed by atoms with E-state index in [9.17, 15) is 17.2 Å². The topological polar surface area (TPSA) is 88.8 Å². The maximum absolute atomic E-state index is 13.9. The number of benzene rings is 3. The Bertz CT molecular complexity index is 1280. The summed E-state index contributed by atoms with van der Waals surface area (Å²) in [5, 5.41) is 8.80. The van der Waals surface area contributed by atoms with Crippen molar-refractivity contribution >= 4 is 16.0 Å². The number of rotatable bonds is 5. The number of hydrogen-bond donors (Lipinski definition) is 0. The molecule has 31 heavy (non-hydrogen) atoms. The van der Waals surface area contributed by atoms with E-state index in [0.717, 1.165) is 12.1 Å². The highest BCUT2D eigenvalue weighted by Gasteiger charge is 2.26. The first-order chi connectivity index (χ1) is 14.9. The normalized spacial score (nSPS) is 15.6. The molecule has 0 amide bonds. The van der Waals surface area contributed by atoms with Crippen molar-refractivity contribution in [2.75, 3.05) is 6.61 Å². The molecule has 0 N–H and O–H groups in total. The van der Waals surface area contributed by atoms with Crippen LogP contribution in [0.4, 0.5) is 8.78 Å². The largest absolute Gasteiger partial charge is 0.475 e. The molecule has 6 nitrogen and oxygen atoms in total. The predicted molar refractivity (Wildman–Crippen MR) is 107 cm³/mol. The van der Waals surface area contributed by atoms with Gasteiger partial charge in [-0.1, -0.05) is 18.2 Å². The minimum Gasteiger partial charge on any atom is -0.475 e. The van der Waals surface area contributed by atoms with Gasteiger partial charge in [0.25, 0.3) is 0 Å². The van der Waals surface area contributed by atoms with Gasteiger partial charge >= 0.3 is 10.1 Å². The lowest BCUT2D eigenvalue weighted by Crippen LogP contribution is -2.09. The summed E-state index contributed by atoms with van der Waals surface area (Å²) >= 11 is 0. The molecule has 9 heteroatoms. The first-order valence-corrected chi connectivity index (χ1v) is 10.5. The lowest BCUT2D eigenvalue weighted by atomic mass is 10.1. The maximum atomic E-state index is 13.9. The Morgan fingerprint density at radius 3 is 2.26 bits per heavy atom. The molecular weight excluding hydrogens is 426 g/mol. The molecule has 1 heterocycles. The zero-order chi connectivity index (χ0) is 22.0. The van der Waals surface area contributed by atoms with Crippen LogP contribution in [0.25, 0.3) is 0 Å². The molecule has 0 saturated heterocycles. The van der Waals surface area contributed by atoms with Gasteiger partial charge in [0.2, 0.25) is 5.90 Å². The van der Waals surface area contributed by atoms with Crippen molar-refractivity contribution in [1.29, 1.82) is 5.26 Å². The third-order valence-electron chi connectivity index (χ3n) is 4.57. The standard InChI is InChI=1S/C22H14F2N2O4S/c23-18-2-1-3-19(24)21(18)22-26-20(13-29-22)15-6-8-16(9-7-15)30-31(27,28)17-10-4-14(12-25)5-11-17/h1-11,20H,13H2. The van der Waals surface area contributed by atoms with Gasteiger partial charge in [-0.3, -0.25) is 0 Å². The second kappa shape index (κ2) is 8.16. The quantitative estimate of drug-likeness (QED) is 0.557. The first-order valence-electron chi connectivity index (χ1n) is 9.07. The number of hydrogen-bond acceptors (Lipinski definition) is 6. The Morgan fingerprint density at radius 1 is 1.00 bits per heavy atom. The van der Waals surface area contributed by atoms with Gasteiger partial charge in [0.15, 0.2) is 0 Å². The third-order valence-corrected chi connectivity index (χ3v) is 5.83. The van der Waals surface area contributed by atoms with Crippen LogP contribution in [0.1, 0.15) is 22.7 Å². The van der Waals surface area contributed by atoms with Crippen molar-refractivity contribution in [1.82, 2.24) is 0 Å². The summed E-state index contributed by atoms with van der Waals surface area (Å²) in [6.45, 7) is 0.0901. The summed E-state index contributed by atoms with van der Waals surface area (Å²) in [5.74, 6) is -1.58. The van der Waals surface area contributed by atoms with Crippen LogP contribution in [-0.4, -0.2) is 20.9 Å². The van der Waals surface area contributed by atoms with Crippen LogP contribution in [-0.2, 0) is 14.9 Å². The highest BCUT2D eigenvalue weighted by Crippen LogP contribution is 2.29. The van der Waals surface area contributed by atoms with E-state index < -0.39 is 27.8 Å². The van der Waals surface area contributed by atoms with Gasteiger partial charge in [-0.25, -0.2) is 13.8 Å². The van der Waals surface area contributed by atoms with Crippen molar-refractivity contribution in [3.8, 4) is 11.8 Å². The fourth-order valence-electron chi connectivity index (χ4n) is 3.00. The summed E-state index contributed by atoms with van der Waals surface area (Å²) in [4.78, 5) is 4.16. The molecule has 1 aliphatic rings. The molecule has 1 atom stereocenters. The van der Waals surface area contributed by atoms with E-state index in [2.05, 4.69) is 4.99 Å². The van der Waals surface area contributed by atoms with Gasteiger partial charge in [-0.05, 0) is 54.1 Å². The molecule has 0 radical (unpaired) electrons. The van der Waals surface area contributed by atoms with Crippen molar-refractivity contribution in [2.24, 2.45) is 4.99 Å². The number of ether oxygens (including phenoxy) is 1. The van der Waals surface area contributed by atoms with Crippen LogP contribution < -0.4 is 4.18 Å². The second-order valence-corrected chi connectivity index (χ2v) is 8.15. The Kier molecular flexibility index (Phi) is 5.40. The van der Waals surface area contributed by atoms with Gasteiger partial charge in [-0.2, -0.15) is 13.7 Å². The van der Waals surface area contributed by atoms with Crippen LogP contribution in [0.5, 0.6) is 5.75 Å². The molecule has 0 bridgehead atoms. The molecule has 3 aromatic carbocycles. The maximum Gasteiger partial charge on any atom is 0.339 e. The Morgan fingerprint density at radius 2 is 1.65 bits per heavy atom. The van der Waals surface area contributed by atoms with E-state index in [1.165, 1.54) is 42.5 Å². The van der Waals surface area contributed by atoms with E-state index in [4.69, 9.17) is 14.2 Å². The van der Waals surface area contributed by atoms with Gasteiger partial charge in [0.05, 0.1) is 11.6 Å². The van der Waals surface area contributed by atoms with Crippen molar-refractivity contribution in [3.05, 3.63) is 95.1 Å². The third kappa shape index (κ3) is 4.25. The highest BCUT2D eigenvalue weighted by molar-refractivity contribution is 7.87. The molecule has 0 aliphatic carbocycles. The molecule has 4 rings (SSSR count). The fourth-order valence-corrected chi connectivity index (χ4v) is 3.93. The molecule has 1 unspecified atom stereocenters. The highest BCUT2D eigenvalue weighted by atomic mass is 32.2. The van der Waals surface area contributed by atoms with Gasteiger partial charge in [-0.15, -0.1) is 0 Å². The molecule has 0 fully saturated rings. The van der Waals surface area contributed by atoms with E-state index in [1.54, 1.807) is 12.1 Å². The molecular formula is C22H14F2N2O4S. The SMILES string of the molecule is N#Cc1ccc(S(=O)(=O)Oc2ccc(C3COC(c4c(F)cccc4F)=N3)cc2)cc1. The van der Waals surface area contributed by atoms with Gasteiger partial charge in [0.1, 0.15) is 40.5 Å². The summed E-state index contributed by atoms with van der Waals surface area (Å²) < 4.78 is 63.1. The average molecular weight is 440 g/mol. The zero-order valence-electron chi connectivity index (χ0n) is 15.8. The van der Waals surface area contributed by atoms with Crippen LogP contribution in [0.2, 0.25) is 0 Å². The van der Waals surface area contributed by atoms with Crippen molar-refractivity contribution in [3.63, 3.8) is 0 Å². The van der Waals surface area contributed by atoms with E-state index in [1.807, 2.05) is 6.07 Å². The molecule has 3 aromatic rings. The van der Waals surface area contributed by atoms with Crippen molar-refractivity contribution < 1.29 is 26.1 Å². The van der Waals surface area contributed by atoms with E-state index >= 15 is 0 Å². The first kappa shape index (κ1) is 20.5. The zero-order valence-corrected chi connectivity index (χ0v) is 16.6. The van der Waals surface area contributed by atoms with Crippen molar-refractivity contribution in [2.45, 2.75) is 10.9 Å². The van der Waals surface area contributed by atoms with Crippen LogP contribution in [0.15, 0.2) is 76.6 Å². The molecule has 0 spiro atoms.